The maximum Gasteiger partial charge on any atom is 0.248 e. The third kappa shape index (κ3) is 5.16. The molecule has 0 spiro atoms. The summed E-state index contributed by atoms with van der Waals surface area (Å²) in [6.07, 6.45) is 7.48. The molecule has 1 aliphatic rings. The molecule has 6 nitrogen and oxygen atoms in total. The number of methoxy groups -OCH3 is 1. The summed E-state index contributed by atoms with van der Waals surface area (Å²) >= 11 is 1.49. The van der Waals surface area contributed by atoms with Crippen LogP contribution >= 0.6 is 11.3 Å². The standard InChI is InChI=1S/C29H31N3O3S/c1-35-23-15-13-22(14-16-23)32(27(33)18-20-19-30-25-11-6-5-10-24(20)25)28(26-12-7-17-36-26)29(34)31-21-8-3-2-4-9-21/h5-7,10-17,19,21,28,30H,2-4,8-9,18H2,1H3,(H,31,34). The Morgan fingerprint density at radius 1 is 1.06 bits per heavy atom. The third-order valence-electron chi connectivity index (χ3n) is 6.91. The minimum Gasteiger partial charge on any atom is -0.497 e. The Hall–Kier alpha value is -3.58. The van der Waals surface area contributed by atoms with Gasteiger partial charge in [-0.2, -0.15) is 0 Å². The zero-order chi connectivity index (χ0) is 24.9. The number of carbonyl (C=O) groups is 2. The number of hydrogen-bond acceptors (Lipinski definition) is 4. The van der Waals surface area contributed by atoms with Gasteiger partial charge in [0.2, 0.25) is 11.8 Å². The van der Waals surface area contributed by atoms with Gasteiger partial charge in [-0.1, -0.05) is 43.5 Å². The molecule has 2 heterocycles. The van der Waals surface area contributed by atoms with Crippen LogP contribution in [0.3, 0.4) is 0 Å². The molecule has 0 radical (unpaired) electrons. The van der Waals surface area contributed by atoms with E-state index in [0.29, 0.717) is 11.4 Å². The number of thiophene rings is 1. The van der Waals surface area contributed by atoms with Gasteiger partial charge in [0.1, 0.15) is 11.8 Å². The first-order valence-corrected chi connectivity index (χ1v) is 13.4. The number of rotatable bonds is 8. The Morgan fingerprint density at radius 2 is 1.83 bits per heavy atom. The summed E-state index contributed by atoms with van der Waals surface area (Å²) in [4.78, 5) is 33.6. The van der Waals surface area contributed by atoms with E-state index in [1.807, 2.05) is 72.2 Å². The van der Waals surface area contributed by atoms with Gasteiger partial charge in [0.15, 0.2) is 0 Å². The summed E-state index contributed by atoms with van der Waals surface area (Å²) in [6, 6.07) is 18.6. The molecule has 5 rings (SSSR count). The van der Waals surface area contributed by atoms with Crippen LogP contribution in [0.25, 0.3) is 10.9 Å². The van der Waals surface area contributed by atoms with E-state index >= 15 is 0 Å². The second kappa shape index (κ2) is 11.0. The maximum absolute atomic E-state index is 14.0. The normalized spacial score (nSPS) is 14.9. The van der Waals surface area contributed by atoms with Crippen molar-refractivity contribution in [2.45, 2.75) is 50.6 Å². The van der Waals surface area contributed by atoms with Crippen LogP contribution in [0, 0.1) is 0 Å². The minimum absolute atomic E-state index is 0.132. The fourth-order valence-electron chi connectivity index (χ4n) is 5.05. The molecule has 2 N–H and O–H groups in total. The van der Waals surface area contributed by atoms with Gasteiger partial charge in [-0.3, -0.25) is 14.5 Å². The SMILES string of the molecule is COc1ccc(N(C(=O)Cc2c[nH]c3ccccc23)C(C(=O)NC2CCCCC2)c2cccs2)cc1. The van der Waals surface area contributed by atoms with E-state index in [-0.39, 0.29) is 24.3 Å². The van der Waals surface area contributed by atoms with Gasteiger partial charge in [-0.05, 0) is 60.2 Å². The summed E-state index contributed by atoms with van der Waals surface area (Å²) in [5.74, 6) is 0.427. The van der Waals surface area contributed by atoms with E-state index < -0.39 is 6.04 Å². The third-order valence-corrected chi connectivity index (χ3v) is 7.83. The van der Waals surface area contributed by atoms with E-state index in [0.717, 1.165) is 47.0 Å². The van der Waals surface area contributed by atoms with Crippen LogP contribution in [0.2, 0.25) is 0 Å². The van der Waals surface area contributed by atoms with Gasteiger partial charge in [0, 0.05) is 33.7 Å². The number of nitrogens with one attached hydrogen (secondary N) is 2. The molecule has 0 bridgehead atoms. The Morgan fingerprint density at radius 3 is 2.56 bits per heavy atom. The Bertz CT molecular complexity index is 1310. The van der Waals surface area contributed by atoms with Crippen LogP contribution in [-0.2, 0) is 16.0 Å². The first-order valence-electron chi connectivity index (χ1n) is 12.5. The number of fused-ring (bicyclic) bond motifs is 1. The van der Waals surface area contributed by atoms with E-state index in [9.17, 15) is 9.59 Å². The molecule has 2 aromatic carbocycles. The summed E-state index contributed by atoms with van der Waals surface area (Å²) < 4.78 is 5.34. The predicted molar refractivity (Wildman–Crippen MR) is 145 cm³/mol. The Balaban J connectivity index is 1.52. The molecule has 36 heavy (non-hydrogen) atoms. The molecular formula is C29H31N3O3S. The van der Waals surface area contributed by atoms with Crippen molar-refractivity contribution >= 4 is 39.7 Å². The van der Waals surface area contributed by atoms with E-state index in [1.165, 1.54) is 17.8 Å². The molecule has 0 aliphatic heterocycles. The van der Waals surface area contributed by atoms with Crippen molar-refractivity contribution in [3.63, 3.8) is 0 Å². The average Bonchev–Trinajstić information content (AvgIpc) is 3.58. The zero-order valence-corrected chi connectivity index (χ0v) is 21.2. The number of benzene rings is 2. The average molecular weight is 502 g/mol. The first-order chi connectivity index (χ1) is 17.6. The summed E-state index contributed by atoms with van der Waals surface area (Å²) in [6.45, 7) is 0. The molecule has 1 aliphatic carbocycles. The fraction of sp³-hybridized carbons (Fsp3) is 0.310. The van der Waals surface area contributed by atoms with Crippen LogP contribution in [-0.4, -0.2) is 29.9 Å². The van der Waals surface area contributed by atoms with Crippen LogP contribution in [0.5, 0.6) is 5.75 Å². The van der Waals surface area contributed by atoms with Gasteiger partial charge in [-0.15, -0.1) is 11.3 Å². The highest BCUT2D eigenvalue weighted by atomic mass is 32.1. The molecule has 2 aromatic heterocycles. The summed E-state index contributed by atoms with van der Waals surface area (Å²) in [5, 5.41) is 6.23. The molecule has 4 aromatic rings. The van der Waals surface area contributed by atoms with Gasteiger partial charge in [-0.25, -0.2) is 0 Å². The number of amides is 2. The van der Waals surface area contributed by atoms with Gasteiger partial charge < -0.3 is 15.0 Å². The number of para-hydroxylation sites is 1. The van der Waals surface area contributed by atoms with Crippen molar-refractivity contribution in [3.8, 4) is 5.75 Å². The number of H-pyrrole nitrogens is 1. The summed E-state index contributed by atoms with van der Waals surface area (Å²) in [7, 11) is 1.61. The molecule has 1 atom stereocenters. The largest absolute Gasteiger partial charge is 0.497 e. The highest BCUT2D eigenvalue weighted by molar-refractivity contribution is 7.10. The van der Waals surface area contributed by atoms with Crippen LogP contribution in [0.1, 0.15) is 48.6 Å². The molecular weight excluding hydrogens is 470 g/mol. The monoisotopic (exact) mass is 501 g/mol. The molecule has 2 amide bonds. The molecule has 1 fully saturated rings. The van der Waals surface area contributed by atoms with Crippen LogP contribution < -0.4 is 15.0 Å². The maximum atomic E-state index is 14.0. The number of carbonyl (C=O) groups excluding carboxylic acids is 2. The number of anilines is 1. The molecule has 186 valence electrons. The topological polar surface area (TPSA) is 74.4 Å². The lowest BCUT2D eigenvalue weighted by atomic mass is 9.95. The Kier molecular flexibility index (Phi) is 7.37. The van der Waals surface area contributed by atoms with Gasteiger partial charge >= 0.3 is 0 Å². The highest BCUT2D eigenvalue weighted by Gasteiger charge is 2.35. The van der Waals surface area contributed by atoms with Crippen molar-refractivity contribution in [2.24, 2.45) is 0 Å². The number of aromatic amines is 1. The van der Waals surface area contributed by atoms with Crippen LogP contribution in [0.4, 0.5) is 5.69 Å². The highest BCUT2D eigenvalue weighted by Crippen LogP contribution is 2.33. The van der Waals surface area contributed by atoms with Crippen LogP contribution in [0.15, 0.2) is 72.2 Å². The second-order valence-electron chi connectivity index (χ2n) is 9.26. The van der Waals surface area contributed by atoms with Gasteiger partial charge in [0.05, 0.1) is 13.5 Å². The van der Waals surface area contributed by atoms with Crippen molar-refractivity contribution in [1.29, 1.82) is 0 Å². The molecule has 1 saturated carbocycles. The first kappa shape index (κ1) is 24.1. The van der Waals surface area contributed by atoms with Crippen molar-refractivity contribution in [1.82, 2.24) is 10.3 Å². The molecule has 7 heteroatoms. The molecule has 0 saturated heterocycles. The smallest absolute Gasteiger partial charge is 0.248 e. The number of nitrogens with zero attached hydrogens (tertiary/aromatic N) is 1. The number of hydrogen-bond donors (Lipinski definition) is 2. The minimum atomic E-state index is -0.752. The fourth-order valence-corrected chi connectivity index (χ4v) is 5.87. The quantitative estimate of drug-likeness (QED) is 0.311. The number of ether oxygens (including phenoxy) is 1. The van der Waals surface area contributed by atoms with Crippen molar-refractivity contribution < 1.29 is 14.3 Å². The lowest BCUT2D eigenvalue weighted by molar-refractivity contribution is -0.127. The molecule has 1 unspecified atom stereocenters. The van der Waals surface area contributed by atoms with Crippen molar-refractivity contribution in [3.05, 3.63) is 82.7 Å². The number of aromatic nitrogens is 1. The predicted octanol–water partition coefficient (Wildman–Crippen LogP) is 6.00. The zero-order valence-electron chi connectivity index (χ0n) is 20.4. The lowest BCUT2D eigenvalue weighted by Crippen LogP contribution is -2.47. The van der Waals surface area contributed by atoms with Gasteiger partial charge in [0.25, 0.3) is 0 Å². The van der Waals surface area contributed by atoms with E-state index in [1.54, 1.807) is 12.0 Å². The summed E-state index contributed by atoms with van der Waals surface area (Å²) in [5.41, 5.74) is 2.56. The second-order valence-corrected chi connectivity index (χ2v) is 10.2. The van der Waals surface area contributed by atoms with E-state index in [2.05, 4.69) is 10.3 Å². The van der Waals surface area contributed by atoms with E-state index in [4.69, 9.17) is 4.74 Å². The Labute approximate surface area is 215 Å². The van der Waals surface area contributed by atoms with Crippen molar-refractivity contribution in [2.75, 3.05) is 12.0 Å². The lowest BCUT2D eigenvalue weighted by Gasteiger charge is -2.33.